The van der Waals surface area contributed by atoms with E-state index >= 15 is 0 Å². The Bertz CT molecular complexity index is 377. The van der Waals surface area contributed by atoms with Gasteiger partial charge in [-0.25, -0.2) is 0 Å². The molecule has 0 amide bonds. The average Bonchev–Trinajstić information content (AvgIpc) is 2.35. The SMILES string of the molecule is CCC1(C)CNCCN1Cc1ncccc1C. The summed E-state index contributed by atoms with van der Waals surface area (Å²) in [6.45, 7) is 11.0. The molecule has 1 aromatic heterocycles. The molecule has 1 N–H and O–H groups in total. The summed E-state index contributed by atoms with van der Waals surface area (Å²) < 4.78 is 0. The van der Waals surface area contributed by atoms with Crippen LogP contribution in [0.2, 0.25) is 0 Å². The van der Waals surface area contributed by atoms with E-state index in [2.05, 4.69) is 42.0 Å². The molecule has 1 aliphatic heterocycles. The summed E-state index contributed by atoms with van der Waals surface area (Å²) in [5.74, 6) is 0. The molecule has 3 nitrogen and oxygen atoms in total. The molecular formula is C14H23N3. The van der Waals surface area contributed by atoms with Crippen molar-refractivity contribution in [1.29, 1.82) is 0 Å². The van der Waals surface area contributed by atoms with Crippen LogP contribution in [-0.2, 0) is 6.54 Å². The van der Waals surface area contributed by atoms with Gasteiger partial charge in [-0.3, -0.25) is 9.88 Å². The highest BCUT2D eigenvalue weighted by atomic mass is 15.3. The predicted molar refractivity (Wildman–Crippen MR) is 70.9 cm³/mol. The molecule has 1 aliphatic rings. The van der Waals surface area contributed by atoms with Crippen molar-refractivity contribution in [3.63, 3.8) is 0 Å². The van der Waals surface area contributed by atoms with E-state index in [-0.39, 0.29) is 5.54 Å². The lowest BCUT2D eigenvalue weighted by molar-refractivity contribution is 0.0623. The van der Waals surface area contributed by atoms with Gasteiger partial charge < -0.3 is 5.32 Å². The van der Waals surface area contributed by atoms with E-state index in [1.54, 1.807) is 0 Å². The fourth-order valence-corrected chi connectivity index (χ4v) is 2.44. The number of nitrogens with zero attached hydrogens (tertiary/aromatic N) is 2. The average molecular weight is 233 g/mol. The Hall–Kier alpha value is -0.930. The van der Waals surface area contributed by atoms with Gasteiger partial charge in [0.15, 0.2) is 0 Å². The fraction of sp³-hybridized carbons (Fsp3) is 0.643. The van der Waals surface area contributed by atoms with Crippen LogP contribution in [0, 0.1) is 6.92 Å². The van der Waals surface area contributed by atoms with Crippen LogP contribution in [0.3, 0.4) is 0 Å². The summed E-state index contributed by atoms with van der Waals surface area (Å²) in [6.07, 6.45) is 3.07. The monoisotopic (exact) mass is 233 g/mol. The molecule has 0 spiro atoms. The summed E-state index contributed by atoms with van der Waals surface area (Å²) in [6, 6.07) is 4.16. The fourth-order valence-electron chi connectivity index (χ4n) is 2.44. The summed E-state index contributed by atoms with van der Waals surface area (Å²) in [7, 11) is 0. The largest absolute Gasteiger partial charge is 0.314 e. The van der Waals surface area contributed by atoms with Crippen molar-refractivity contribution >= 4 is 0 Å². The van der Waals surface area contributed by atoms with Gasteiger partial charge in [0.25, 0.3) is 0 Å². The number of hydrogen-bond acceptors (Lipinski definition) is 3. The van der Waals surface area contributed by atoms with Gasteiger partial charge in [0.2, 0.25) is 0 Å². The third-order valence-electron chi connectivity index (χ3n) is 4.05. The minimum Gasteiger partial charge on any atom is -0.314 e. The Balaban J connectivity index is 2.14. The van der Waals surface area contributed by atoms with E-state index in [0.717, 1.165) is 26.2 Å². The van der Waals surface area contributed by atoms with Crippen molar-refractivity contribution in [1.82, 2.24) is 15.2 Å². The number of aromatic nitrogens is 1. The number of hydrogen-bond donors (Lipinski definition) is 1. The zero-order valence-corrected chi connectivity index (χ0v) is 11.2. The van der Waals surface area contributed by atoms with Crippen LogP contribution in [0.4, 0.5) is 0 Å². The molecule has 0 bridgehead atoms. The van der Waals surface area contributed by atoms with Crippen molar-refractivity contribution in [2.24, 2.45) is 0 Å². The lowest BCUT2D eigenvalue weighted by Gasteiger charge is -2.45. The van der Waals surface area contributed by atoms with E-state index in [9.17, 15) is 0 Å². The van der Waals surface area contributed by atoms with E-state index in [4.69, 9.17) is 0 Å². The third kappa shape index (κ3) is 2.67. The lowest BCUT2D eigenvalue weighted by Crippen LogP contribution is -2.58. The standard InChI is InChI=1S/C14H23N3/c1-4-14(3)11-15-8-9-17(14)10-13-12(2)6-5-7-16-13/h5-7,15H,4,8-11H2,1-3H3. The molecule has 1 fully saturated rings. The molecular weight excluding hydrogens is 210 g/mol. The molecule has 1 aromatic rings. The number of rotatable bonds is 3. The lowest BCUT2D eigenvalue weighted by atomic mass is 9.93. The van der Waals surface area contributed by atoms with E-state index in [1.165, 1.54) is 17.7 Å². The maximum Gasteiger partial charge on any atom is 0.0573 e. The second-order valence-corrected chi connectivity index (χ2v) is 5.22. The van der Waals surface area contributed by atoms with Crippen LogP contribution in [0.25, 0.3) is 0 Å². The predicted octanol–water partition coefficient (Wildman–Crippen LogP) is 1.96. The Morgan fingerprint density at radius 2 is 2.35 bits per heavy atom. The maximum atomic E-state index is 4.51. The topological polar surface area (TPSA) is 28.2 Å². The normalized spacial score (nSPS) is 26.1. The minimum absolute atomic E-state index is 0.266. The van der Waals surface area contributed by atoms with E-state index < -0.39 is 0 Å². The van der Waals surface area contributed by atoms with Gasteiger partial charge in [-0.1, -0.05) is 13.0 Å². The molecule has 0 aromatic carbocycles. The van der Waals surface area contributed by atoms with Gasteiger partial charge in [-0.2, -0.15) is 0 Å². The molecule has 3 heteroatoms. The molecule has 1 saturated heterocycles. The van der Waals surface area contributed by atoms with E-state index in [0.29, 0.717) is 0 Å². The van der Waals surface area contributed by atoms with Crippen molar-refractivity contribution in [3.8, 4) is 0 Å². The smallest absolute Gasteiger partial charge is 0.0573 e. The number of piperazine rings is 1. The zero-order valence-electron chi connectivity index (χ0n) is 11.2. The second-order valence-electron chi connectivity index (χ2n) is 5.22. The van der Waals surface area contributed by atoms with Crippen LogP contribution in [0.15, 0.2) is 18.3 Å². The Labute approximate surface area is 104 Å². The zero-order chi connectivity index (χ0) is 12.3. The number of nitrogens with one attached hydrogen (secondary N) is 1. The summed E-state index contributed by atoms with van der Waals surface area (Å²) in [5, 5.41) is 3.49. The molecule has 1 atom stereocenters. The third-order valence-corrected chi connectivity index (χ3v) is 4.05. The highest BCUT2D eigenvalue weighted by molar-refractivity contribution is 5.18. The summed E-state index contributed by atoms with van der Waals surface area (Å²) in [5.41, 5.74) is 2.78. The molecule has 0 radical (unpaired) electrons. The van der Waals surface area contributed by atoms with Gasteiger partial charge in [0.05, 0.1) is 5.69 Å². The molecule has 0 saturated carbocycles. The van der Waals surface area contributed by atoms with Crippen molar-refractivity contribution in [2.75, 3.05) is 19.6 Å². The van der Waals surface area contributed by atoms with Crippen LogP contribution in [-0.4, -0.2) is 35.1 Å². The molecule has 94 valence electrons. The minimum atomic E-state index is 0.266. The van der Waals surface area contributed by atoms with Gasteiger partial charge in [-0.05, 0) is 31.9 Å². The quantitative estimate of drug-likeness (QED) is 0.865. The van der Waals surface area contributed by atoms with Gasteiger partial charge in [0.1, 0.15) is 0 Å². The summed E-state index contributed by atoms with van der Waals surface area (Å²) >= 11 is 0. The molecule has 0 aliphatic carbocycles. The van der Waals surface area contributed by atoms with Gasteiger partial charge in [0, 0.05) is 37.9 Å². The van der Waals surface area contributed by atoms with Crippen LogP contribution in [0.5, 0.6) is 0 Å². The van der Waals surface area contributed by atoms with E-state index in [1.807, 2.05) is 12.3 Å². The first-order valence-corrected chi connectivity index (χ1v) is 6.52. The summed E-state index contributed by atoms with van der Waals surface area (Å²) in [4.78, 5) is 7.08. The Morgan fingerprint density at radius 3 is 3.06 bits per heavy atom. The van der Waals surface area contributed by atoms with Crippen LogP contribution < -0.4 is 5.32 Å². The van der Waals surface area contributed by atoms with Gasteiger partial charge in [-0.15, -0.1) is 0 Å². The first-order valence-electron chi connectivity index (χ1n) is 6.52. The van der Waals surface area contributed by atoms with Gasteiger partial charge >= 0.3 is 0 Å². The molecule has 17 heavy (non-hydrogen) atoms. The Morgan fingerprint density at radius 1 is 1.53 bits per heavy atom. The Kier molecular flexibility index (Phi) is 3.79. The maximum absolute atomic E-state index is 4.51. The highest BCUT2D eigenvalue weighted by Crippen LogP contribution is 2.23. The number of aryl methyl sites for hydroxylation is 1. The van der Waals surface area contributed by atoms with Crippen molar-refractivity contribution in [2.45, 2.75) is 39.3 Å². The molecule has 1 unspecified atom stereocenters. The van der Waals surface area contributed by atoms with Crippen LogP contribution in [0.1, 0.15) is 31.5 Å². The number of pyridine rings is 1. The first-order chi connectivity index (χ1) is 8.15. The molecule has 2 heterocycles. The highest BCUT2D eigenvalue weighted by Gasteiger charge is 2.32. The van der Waals surface area contributed by atoms with Crippen molar-refractivity contribution in [3.05, 3.63) is 29.6 Å². The first kappa shape index (κ1) is 12.5. The molecule has 2 rings (SSSR count). The van der Waals surface area contributed by atoms with Crippen molar-refractivity contribution < 1.29 is 0 Å². The second kappa shape index (κ2) is 5.15. The van der Waals surface area contributed by atoms with Crippen LogP contribution >= 0.6 is 0 Å².